The summed E-state index contributed by atoms with van der Waals surface area (Å²) in [4.78, 5) is 14.7. The summed E-state index contributed by atoms with van der Waals surface area (Å²) in [7, 11) is -2.42. The molecular weight excluding hydrogens is 410 g/mol. The molecule has 0 bridgehead atoms. The maximum Gasteiger partial charge on any atom is 0.243 e. The maximum absolute atomic E-state index is 12.9. The van der Waals surface area contributed by atoms with Crippen LogP contribution in [0.1, 0.15) is 24.0 Å². The third-order valence-corrected chi connectivity index (χ3v) is 7.35. The van der Waals surface area contributed by atoms with E-state index < -0.39 is 10.0 Å². The largest absolute Gasteiger partial charge is 0.338 e. The quantitative estimate of drug-likeness (QED) is 0.703. The van der Waals surface area contributed by atoms with Gasteiger partial charge >= 0.3 is 0 Å². The first-order valence-corrected chi connectivity index (χ1v) is 11.1. The molecule has 2 aromatic carbocycles. The molecule has 1 saturated heterocycles. The zero-order valence-electron chi connectivity index (χ0n) is 16.1. The molecule has 1 heterocycles. The van der Waals surface area contributed by atoms with Crippen LogP contribution < -0.4 is 0 Å². The zero-order valence-corrected chi connectivity index (χ0v) is 17.7. The number of likely N-dealkylation sites (tertiary alicyclic amines) is 1. The van der Waals surface area contributed by atoms with Gasteiger partial charge in [-0.15, -0.1) is 0 Å². The van der Waals surface area contributed by atoms with Gasteiger partial charge < -0.3 is 4.90 Å². The third-order valence-electron chi connectivity index (χ3n) is 5.16. The number of sulfonamides is 1. The molecule has 1 aliphatic heterocycles. The fourth-order valence-corrected chi connectivity index (χ4v) is 4.87. The van der Waals surface area contributed by atoms with Crippen LogP contribution >= 0.6 is 11.6 Å². The van der Waals surface area contributed by atoms with Gasteiger partial charge in [-0.25, -0.2) is 8.42 Å². The first-order chi connectivity index (χ1) is 13.8. The minimum absolute atomic E-state index is 0.00779. The zero-order chi connectivity index (χ0) is 21.0. The molecule has 0 saturated carbocycles. The Morgan fingerprint density at radius 3 is 2.59 bits per heavy atom. The van der Waals surface area contributed by atoms with Gasteiger partial charge in [-0.1, -0.05) is 29.8 Å². The summed E-state index contributed by atoms with van der Waals surface area (Å²) in [5.41, 5.74) is 1.36. The molecule has 0 aromatic heterocycles. The van der Waals surface area contributed by atoms with E-state index in [1.165, 1.54) is 31.3 Å². The van der Waals surface area contributed by atoms with Crippen molar-refractivity contribution in [3.05, 3.63) is 64.7 Å². The first kappa shape index (κ1) is 21.3. The molecule has 2 aromatic rings. The van der Waals surface area contributed by atoms with Crippen molar-refractivity contribution in [3.63, 3.8) is 0 Å². The molecule has 1 unspecified atom stereocenters. The number of nitriles is 1. The summed E-state index contributed by atoms with van der Waals surface area (Å²) in [5.74, 6) is -0.223. The standard InChI is InChI=1S/C21H22ClN3O3S/c1-24(29(27,28)19-10-8-16(14-23)9-11-19)15-21(26)25-12-4-6-18(25)13-17-5-2-3-7-20(17)22/h2-3,5,7-11,18H,4,6,12-13,15H2,1H3. The molecule has 1 aliphatic rings. The number of carbonyl (C=O) groups excluding carboxylic acids is 1. The molecule has 6 nitrogen and oxygen atoms in total. The van der Waals surface area contributed by atoms with E-state index in [0.717, 1.165) is 22.7 Å². The van der Waals surface area contributed by atoms with Gasteiger partial charge in [-0.2, -0.15) is 9.57 Å². The molecule has 1 amide bonds. The number of carbonyl (C=O) groups is 1. The second kappa shape index (κ2) is 8.95. The van der Waals surface area contributed by atoms with Gasteiger partial charge in [0.2, 0.25) is 15.9 Å². The number of hydrogen-bond acceptors (Lipinski definition) is 4. The number of likely N-dealkylation sites (N-methyl/N-ethyl adjacent to an activating group) is 1. The lowest BCUT2D eigenvalue weighted by Crippen LogP contribution is -2.44. The normalized spacial score (nSPS) is 16.8. The van der Waals surface area contributed by atoms with Gasteiger partial charge in [0.1, 0.15) is 0 Å². The van der Waals surface area contributed by atoms with Gasteiger partial charge in [0.05, 0.1) is 23.1 Å². The van der Waals surface area contributed by atoms with Crippen molar-refractivity contribution in [1.29, 1.82) is 5.26 Å². The highest BCUT2D eigenvalue weighted by atomic mass is 35.5. The molecule has 0 aliphatic carbocycles. The second-order valence-electron chi connectivity index (χ2n) is 7.08. The Morgan fingerprint density at radius 1 is 1.24 bits per heavy atom. The number of rotatable bonds is 6. The van der Waals surface area contributed by atoms with E-state index in [-0.39, 0.29) is 23.4 Å². The van der Waals surface area contributed by atoms with E-state index in [0.29, 0.717) is 23.6 Å². The van der Waals surface area contributed by atoms with E-state index in [4.69, 9.17) is 16.9 Å². The number of hydrogen-bond donors (Lipinski definition) is 0. The summed E-state index contributed by atoms with van der Waals surface area (Å²) >= 11 is 6.25. The molecule has 3 rings (SSSR count). The predicted molar refractivity (Wildman–Crippen MR) is 111 cm³/mol. The van der Waals surface area contributed by atoms with Crippen LogP contribution in [-0.2, 0) is 21.2 Å². The fraction of sp³-hybridized carbons (Fsp3) is 0.333. The van der Waals surface area contributed by atoms with Crippen LogP contribution in [0.25, 0.3) is 0 Å². The SMILES string of the molecule is CN(CC(=O)N1CCCC1Cc1ccccc1Cl)S(=O)(=O)c1ccc(C#N)cc1. The summed E-state index contributed by atoms with van der Waals surface area (Å²) in [6.45, 7) is 0.375. The Kier molecular flexibility index (Phi) is 6.58. The molecule has 0 radical (unpaired) electrons. The third kappa shape index (κ3) is 4.78. The molecule has 1 atom stereocenters. The Labute approximate surface area is 176 Å². The summed E-state index contributed by atoms with van der Waals surface area (Å²) in [5, 5.41) is 9.53. The predicted octanol–water partition coefficient (Wildman–Crippen LogP) is 3.07. The summed E-state index contributed by atoms with van der Waals surface area (Å²) in [6.07, 6.45) is 2.40. The minimum atomic E-state index is -3.82. The lowest BCUT2D eigenvalue weighted by molar-refractivity contribution is -0.132. The van der Waals surface area contributed by atoms with Gasteiger partial charge in [0.25, 0.3) is 0 Å². The van der Waals surface area contributed by atoms with Crippen LogP contribution in [0.3, 0.4) is 0 Å². The van der Waals surface area contributed by atoms with Crippen molar-refractivity contribution in [2.75, 3.05) is 20.1 Å². The summed E-state index contributed by atoms with van der Waals surface area (Å²) < 4.78 is 26.6. The molecule has 29 heavy (non-hydrogen) atoms. The average Bonchev–Trinajstić information content (AvgIpc) is 3.18. The van der Waals surface area contributed by atoms with Crippen LogP contribution in [0.4, 0.5) is 0 Å². The smallest absolute Gasteiger partial charge is 0.243 e. The Morgan fingerprint density at radius 2 is 1.93 bits per heavy atom. The Bertz CT molecular complexity index is 1030. The van der Waals surface area contributed by atoms with Crippen LogP contribution in [0, 0.1) is 11.3 Å². The Hall–Kier alpha value is -2.40. The van der Waals surface area contributed by atoms with Crippen LogP contribution in [-0.4, -0.2) is 49.7 Å². The molecule has 0 N–H and O–H groups in total. The van der Waals surface area contributed by atoms with Crippen molar-refractivity contribution in [2.24, 2.45) is 0 Å². The van der Waals surface area contributed by atoms with Gasteiger partial charge in [0.15, 0.2) is 0 Å². The molecular formula is C21H22ClN3O3S. The van der Waals surface area contributed by atoms with E-state index >= 15 is 0 Å². The highest BCUT2D eigenvalue weighted by Crippen LogP contribution is 2.25. The fourth-order valence-electron chi connectivity index (χ4n) is 3.54. The van der Waals surface area contributed by atoms with Gasteiger partial charge in [-0.3, -0.25) is 4.79 Å². The van der Waals surface area contributed by atoms with Crippen LogP contribution in [0.15, 0.2) is 53.4 Å². The van der Waals surface area contributed by atoms with Crippen molar-refractivity contribution in [3.8, 4) is 6.07 Å². The van der Waals surface area contributed by atoms with E-state index in [9.17, 15) is 13.2 Å². The highest BCUT2D eigenvalue weighted by molar-refractivity contribution is 7.89. The lowest BCUT2D eigenvalue weighted by atomic mass is 10.0. The number of amides is 1. The maximum atomic E-state index is 12.9. The average molecular weight is 432 g/mol. The van der Waals surface area contributed by atoms with Crippen molar-refractivity contribution < 1.29 is 13.2 Å². The minimum Gasteiger partial charge on any atom is -0.338 e. The lowest BCUT2D eigenvalue weighted by Gasteiger charge is -2.27. The van der Waals surface area contributed by atoms with Crippen LogP contribution in [0.2, 0.25) is 5.02 Å². The number of benzene rings is 2. The van der Waals surface area contributed by atoms with E-state index in [2.05, 4.69) is 0 Å². The topological polar surface area (TPSA) is 81.5 Å². The van der Waals surface area contributed by atoms with Gasteiger partial charge in [-0.05, 0) is 55.2 Å². The monoisotopic (exact) mass is 431 g/mol. The molecule has 152 valence electrons. The summed E-state index contributed by atoms with van der Waals surface area (Å²) in [6, 6.07) is 15.2. The highest BCUT2D eigenvalue weighted by Gasteiger charge is 2.32. The van der Waals surface area contributed by atoms with Gasteiger partial charge in [0, 0.05) is 24.7 Å². The van der Waals surface area contributed by atoms with E-state index in [1.807, 2.05) is 30.3 Å². The van der Waals surface area contributed by atoms with Crippen molar-refractivity contribution >= 4 is 27.5 Å². The molecule has 8 heteroatoms. The van der Waals surface area contributed by atoms with Crippen molar-refractivity contribution in [1.82, 2.24) is 9.21 Å². The second-order valence-corrected chi connectivity index (χ2v) is 9.53. The number of halogens is 1. The molecule has 1 fully saturated rings. The Balaban J connectivity index is 1.69. The first-order valence-electron chi connectivity index (χ1n) is 9.32. The van der Waals surface area contributed by atoms with E-state index in [1.54, 1.807) is 4.90 Å². The number of nitrogens with zero attached hydrogens (tertiary/aromatic N) is 3. The van der Waals surface area contributed by atoms with Crippen LogP contribution in [0.5, 0.6) is 0 Å². The van der Waals surface area contributed by atoms with Crippen molar-refractivity contribution in [2.45, 2.75) is 30.2 Å². The molecule has 0 spiro atoms.